The minimum Gasteiger partial charge on any atom is -0.345 e. The summed E-state index contributed by atoms with van der Waals surface area (Å²) in [5.41, 5.74) is 1.19. The number of nitrogens with one attached hydrogen (secondary N) is 1. The fourth-order valence-electron chi connectivity index (χ4n) is 3.76. The number of nitrogens with zero attached hydrogens (tertiary/aromatic N) is 1. The normalized spacial score (nSPS) is 16.4. The second-order valence-corrected chi connectivity index (χ2v) is 10.5. The predicted octanol–water partition coefficient (Wildman–Crippen LogP) is 5.03. The molecule has 7 heteroatoms. The van der Waals surface area contributed by atoms with Gasteiger partial charge in [-0.3, -0.25) is 4.79 Å². The first-order valence-corrected chi connectivity index (χ1v) is 12.3. The first-order chi connectivity index (χ1) is 14.3. The highest BCUT2D eigenvalue weighted by atomic mass is 35.5. The van der Waals surface area contributed by atoms with Gasteiger partial charge in [-0.2, -0.15) is 4.31 Å². The zero-order valence-electron chi connectivity index (χ0n) is 17.5. The first kappa shape index (κ1) is 22.8. The van der Waals surface area contributed by atoms with Gasteiger partial charge in [0.15, 0.2) is 0 Å². The fourth-order valence-corrected chi connectivity index (χ4v) is 5.51. The molecule has 1 heterocycles. The van der Waals surface area contributed by atoms with Gasteiger partial charge < -0.3 is 5.32 Å². The van der Waals surface area contributed by atoms with Crippen LogP contribution in [-0.2, 0) is 10.0 Å². The third kappa shape index (κ3) is 5.42. The van der Waals surface area contributed by atoms with Gasteiger partial charge in [-0.25, -0.2) is 8.42 Å². The molecule has 162 valence electrons. The van der Waals surface area contributed by atoms with E-state index in [2.05, 4.69) is 19.2 Å². The maximum Gasteiger partial charge on any atom is 0.253 e. The molecule has 0 spiro atoms. The van der Waals surface area contributed by atoms with Gasteiger partial charge in [0, 0.05) is 13.1 Å². The van der Waals surface area contributed by atoms with Gasteiger partial charge in [0.1, 0.15) is 0 Å². The summed E-state index contributed by atoms with van der Waals surface area (Å²) in [7, 11) is -3.64. The number of sulfonamides is 1. The SMILES string of the molecule is CC(C)CC(NC(=O)c1cc(S(=O)(=O)N2CCCCC2)ccc1Cl)c1ccccc1. The van der Waals surface area contributed by atoms with Crippen LogP contribution in [-0.4, -0.2) is 31.7 Å². The molecule has 1 aliphatic heterocycles. The van der Waals surface area contributed by atoms with Crippen LogP contribution in [0.15, 0.2) is 53.4 Å². The molecule has 2 aromatic carbocycles. The third-order valence-corrected chi connectivity index (χ3v) is 7.57. The van der Waals surface area contributed by atoms with Crippen molar-refractivity contribution in [3.05, 3.63) is 64.7 Å². The van der Waals surface area contributed by atoms with Crippen LogP contribution in [0, 0.1) is 5.92 Å². The highest BCUT2D eigenvalue weighted by Crippen LogP contribution is 2.27. The van der Waals surface area contributed by atoms with E-state index >= 15 is 0 Å². The van der Waals surface area contributed by atoms with Crippen molar-refractivity contribution in [1.29, 1.82) is 0 Å². The van der Waals surface area contributed by atoms with E-state index in [-0.39, 0.29) is 27.4 Å². The standard InChI is InChI=1S/C23H29ClN2O3S/c1-17(2)15-22(18-9-5-3-6-10-18)25-23(27)20-16-19(11-12-21(20)24)30(28,29)26-13-7-4-8-14-26/h3,5-6,9-12,16-17,22H,4,7-8,13-15H2,1-2H3,(H,25,27). The van der Waals surface area contributed by atoms with Gasteiger partial charge in [-0.15, -0.1) is 0 Å². The summed E-state index contributed by atoms with van der Waals surface area (Å²) >= 11 is 6.29. The maximum absolute atomic E-state index is 13.1. The summed E-state index contributed by atoms with van der Waals surface area (Å²) in [5.74, 6) is 0.00184. The molecule has 1 fully saturated rings. The summed E-state index contributed by atoms with van der Waals surface area (Å²) < 4.78 is 27.5. The molecule has 0 saturated carbocycles. The van der Waals surface area contributed by atoms with E-state index in [1.807, 2.05) is 30.3 Å². The molecule has 1 saturated heterocycles. The predicted molar refractivity (Wildman–Crippen MR) is 120 cm³/mol. The summed E-state index contributed by atoms with van der Waals surface area (Å²) in [6.07, 6.45) is 3.51. The number of hydrogen-bond donors (Lipinski definition) is 1. The molecule has 0 radical (unpaired) electrons. The van der Waals surface area contributed by atoms with Crippen LogP contribution in [0.25, 0.3) is 0 Å². The Labute approximate surface area is 184 Å². The number of carbonyl (C=O) groups is 1. The Kier molecular flexibility index (Phi) is 7.55. The molecular formula is C23H29ClN2O3S. The van der Waals surface area contributed by atoms with Crippen LogP contribution < -0.4 is 5.32 Å². The molecular weight excluding hydrogens is 420 g/mol. The van der Waals surface area contributed by atoms with E-state index in [1.54, 1.807) is 0 Å². The average molecular weight is 449 g/mol. The summed E-state index contributed by atoms with van der Waals surface area (Å²) in [5, 5.41) is 3.29. The quantitative estimate of drug-likeness (QED) is 0.645. The number of piperidine rings is 1. The smallest absolute Gasteiger partial charge is 0.253 e. The third-order valence-electron chi connectivity index (χ3n) is 5.35. The lowest BCUT2D eigenvalue weighted by atomic mass is 9.96. The van der Waals surface area contributed by atoms with E-state index in [1.165, 1.54) is 22.5 Å². The lowest BCUT2D eigenvalue weighted by molar-refractivity contribution is 0.0932. The van der Waals surface area contributed by atoms with Crippen LogP contribution in [0.1, 0.15) is 61.5 Å². The van der Waals surface area contributed by atoms with Crippen molar-refractivity contribution in [3.8, 4) is 0 Å². The second-order valence-electron chi connectivity index (χ2n) is 8.17. The summed E-state index contributed by atoms with van der Waals surface area (Å²) in [6, 6.07) is 14.0. The van der Waals surface area contributed by atoms with Crippen LogP contribution in [0.4, 0.5) is 0 Å². The van der Waals surface area contributed by atoms with Gasteiger partial charge in [0.05, 0.1) is 21.5 Å². The molecule has 1 atom stereocenters. The van der Waals surface area contributed by atoms with Gasteiger partial charge in [0.2, 0.25) is 10.0 Å². The van der Waals surface area contributed by atoms with Crippen LogP contribution in [0.5, 0.6) is 0 Å². The number of rotatable bonds is 7. The van der Waals surface area contributed by atoms with E-state index in [4.69, 9.17) is 11.6 Å². The Hall–Kier alpha value is -1.89. The Balaban J connectivity index is 1.87. The molecule has 1 unspecified atom stereocenters. The maximum atomic E-state index is 13.1. The van der Waals surface area contributed by atoms with E-state index in [9.17, 15) is 13.2 Å². The Bertz CT molecular complexity index is 971. The highest BCUT2D eigenvalue weighted by molar-refractivity contribution is 7.89. The van der Waals surface area contributed by atoms with Crippen LogP contribution in [0.3, 0.4) is 0 Å². The van der Waals surface area contributed by atoms with E-state index in [0.717, 1.165) is 31.2 Å². The molecule has 2 aromatic rings. The van der Waals surface area contributed by atoms with Crippen molar-refractivity contribution in [2.75, 3.05) is 13.1 Å². The molecule has 1 N–H and O–H groups in total. The number of amides is 1. The van der Waals surface area contributed by atoms with Crippen molar-refractivity contribution < 1.29 is 13.2 Å². The molecule has 0 aliphatic carbocycles. The molecule has 5 nitrogen and oxygen atoms in total. The van der Waals surface area contributed by atoms with Crippen molar-refractivity contribution in [2.45, 2.75) is 50.5 Å². The zero-order chi connectivity index (χ0) is 21.7. The lowest BCUT2D eigenvalue weighted by Crippen LogP contribution is -2.36. The zero-order valence-corrected chi connectivity index (χ0v) is 19.0. The van der Waals surface area contributed by atoms with Gasteiger partial charge >= 0.3 is 0 Å². The van der Waals surface area contributed by atoms with Crippen molar-refractivity contribution >= 4 is 27.5 Å². The lowest BCUT2D eigenvalue weighted by Gasteiger charge is -2.26. The van der Waals surface area contributed by atoms with Crippen LogP contribution >= 0.6 is 11.6 Å². The Morgan fingerprint density at radius 1 is 1.07 bits per heavy atom. The number of benzene rings is 2. The Morgan fingerprint density at radius 2 is 1.73 bits per heavy atom. The van der Waals surface area contributed by atoms with Crippen molar-refractivity contribution in [3.63, 3.8) is 0 Å². The van der Waals surface area contributed by atoms with E-state index in [0.29, 0.717) is 19.0 Å². The highest BCUT2D eigenvalue weighted by Gasteiger charge is 2.28. The van der Waals surface area contributed by atoms with Crippen molar-refractivity contribution in [1.82, 2.24) is 9.62 Å². The van der Waals surface area contributed by atoms with Gasteiger partial charge in [-0.1, -0.05) is 62.2 Å². The van der Waals surface area contributed by atoms with Crippen LogP contribution in [0.2, 0.25) is 5.02 Å². The molecule has 0 bridgehead atoms. The Morgan fingerprint density at radius 3 is 2.37 bits per heavy atom. The fraction of sp³-hybridized carbons (Fsp3) is 0.435. The largest absolute Gasteiger partial charge is 0.345 e. The summed E-state index contributed by atoms with van der Waals surface area (Å²) in [4.78, 5) is 13.2. The van der Waals surface area contributed by atoms with E-state index < -0.39 is 10.0 Å². The topological polar surface area (TPSA) is 66.5 Å². The molecule has 1 aliphatic rings. The van der Waals surface area contributed by atoms with Crippen molar-refractivity contribution in [2.24, 2.45) is 5.92 Å². The van der Waals surface area contributed by atoms with Gasteiger partial charge in [-0.05, 0) is 48.9 Å². The molecule has 1 amide bonds. The molecule has 0 aromatic heterocycles. The molecule has 3 rings (SSSR count). The minimum atomic E-state index is -3.64. The van der Waals surface area contributed by atoms with Gasteiger partial charge in [0.25, 0.3) is 5.91 Å². The minimum absolute atomic E-state index is 0.110. The number of hydrogen-bond acceptors (Lipinski definition) is 3. The number of halogens is 1. The molecule has 30 heavy (non-hydrogen) atoms. The monoisotopic (exact) mass is 448 g/mol. The second kappa shape index (κ2) is 9.94. The number of carbonyl (C=O) groups excluding carboxylic acids is 1. The average Bonchev–Trinajstić information content (AvgIpc) is 2.74. The summed E-state index contributed by atoms with van der Waals surface area (Å²) in [6.45, 7) is 5.22. The first-order valence-electron chi connectivity index (χ1n) is 10.4.